The number of para-hydroxylation sites is 1. The van der Waals surface area contributed by atoms with Gasteiger partial charge in [0.25, 0.3) is 0 Å². The Labute approximate surface area is 125 Å². The van der Waals surface area contributed by atoms with Crippen LogP contribution in [0.1, 0.15) is 48.2 Å². The van der Waals surface area contributed by atoms with Gasteiger partial charge in [-0.1, -0.05) is 31.5 Å². The summed E-state index contributed by atoms with van der Waals surface area (Å²) in [4.78, 5) is 11.4. The van der Waals surface area contributed by atoms with Crippen LogP contribution < -0.4 is 5.32 Å². The highest BCUT2D eigenvalue weighted by atomic mass is 16.5. The molecule has 112 valence electrons. The van der Waals surface area contributed by atoms with E-state index in [0.717, 1.165) is 18.5 Å². The number of methoxy groups -OCH3 is 1. The molecule has 0 aliphatic carbocycles. The molecule has 21 heavy (non-hydrogen) atoms. The molecule has 0 radical (unpaired) electrons. The first kappa shape index (κ1) is 15.2. The number of carbonyl (C=O) groups excluding carboxylic acids is 1. The first-order valence-corrected chi connectivity index (χ1v) is 7.18. The van der Waals surface area contributed by atoms with Crippen molar-refractivity contribution in [2.45, 2.75) is 32.7 Å². The number of nitrogens with one attached hydrogen (secondary N) is 1. The second-order valence-electron chi connectivity index (χ2n) is 4.97. The highest BCUT2D eigenvalue weighted by Gasteiger charge is 2.15. The number of rotatable bonds is 6. The Bertz CT molecular complexity index is 604. The van der Waals surface area contributed by atoms with Gasteiger partial charge in [0.1, 0.15) is 5.76 Å². The van der Waals surface area contributed by atoms with Gasteiger partial charge >= 0.3 is 5.97 Å². The van der Waals surface area contributed by atoms with Crippen molar-refractivity contribution in [1.82, 2.24) is 0 Å². The first-order chi connectivity index (χ1) is 10.2. The number of anilines is 1. The molecule has 0 bridgehead atoms. The molecule has 4 heteroatoms. The lowest BCUT2D eigenvalue weighted by atomic mass is 10.1. The van der Waals surface area contributed by atoms with Crippen LogP contribution in [0.25, 0.3) is 0 Å². The van der Waals surface area contributed by atoms with Crippen LogP contribution >= 0.6 is 0 Å². The Balaban J connectivity index is 2.12. The first-order valence-electron chi connectivity index (χ1n) is 7.18. The van der Waals surface area contributed by atoms with Gasteiger partial charge in [0.2, 0.25) is 5.76 Å². The Hall–Kier alpha value is -2.23. The zero-order valence-electron chi connectivity index (χ0n) is 12.7. The van der Waals surface area contributed by atoms with Crippen molar-refractivity contribution < 1.29 is 13.9 Å². The van der Waals surface area contributed by atoms with E-state index in [-0.39, 0.29) is 11.8 Å². The quantitative estimate of drug-likeness (QED) is 0.809. The predicted molar refractivity (Wildman–Crippen MR) is 82.5 cm³/mol. The van der Waals surface area contributed by atoms with Gasteiger partial charge < -0.3 is 14.5 Å². The fraction of sp³-hybridized carbons (Fsp3) is 0.353. The van der Waals surface area contributed by atoms with E-state index in [1.165, 1.54) is 12.7 Å². The maximum absolute atomic E-state index is 11.4. The molecule has 1 aromatic carbocycles. The van der Waals surface area contributed by atoms with Gasteiger partial charge in [-0.05, 0) is 37.1 Å². The molecule has 0 saturated heterocycles. The van der Waals surface area contributed by atoms with Crippen LogP contribution in [-0.4, -0.2) is 13.1 Å². The minimum Gasteiger partial charge on any atom is -0.463 e. The third-order valence-corrected chi connectivity index (χ3v) is 3.35. The molecule has 0 saturated carbocycles. The van der Waals surface area contributed by atoms with Gasteiger partial charge in [-0.2, -0.15) is 0 Å². The van der Waals surface area contributed by atoms with E-state index in [0.29, 0.717) is 5.76 Å². The summed E-state index contributed by atoms with van der Waals surface area (Å²) in [6.07, 6.45) is 2.13. The molecule has 1 heterocycles. The number of aryl methyl sites for hydroxylation is 1. The van der Waals surface area contributed by atoms with Crippen molar-refractivity contribution in [3.05, 3.63) is 53.5 Å². The summed E-state index contributed by atoms with van der Waals surface area (Å²) in [5.41, 5.74) is 2.38. The van der Waals surface area contributed by atoms with Crippen LogP contribution in [0, 0.1) is 0 Å². The van der Waals surface area contributed by atoms with Gasteiger partial charge in [0.05, 0.1) is 13.2 Å². The zero-order valence-corrected chi connectivity index (χ0v) is 12.7. The highest BCUT2D eigenvalue weighted by Crippen LogP contribution is 2.24. The smallest absolute Gasteiger partial charge is 0.373 e. The molecule has 0 spiro atoms. The molecule has 1 N–H and O–H groups in total. The van der Waals surface area contributed by atoms with Crippen molar-refractivity contribution >= 4 is 11.7 Å². The maximum atomic E-state index is 11.4. The van der Waals surface area contributed by atoms with Crippen LogP contribution in [-0.2, 0) is 11.2 Å². The number of hydrogen-bond donors (Lipinski definition) is 1. The molecule has 2 aromatic rings. The zero-order chi connectivity index (χ0) is 15.2. The molecule has 4 nitrogen and oxygen atoms in total. The van der Waals surface area contributed by atoms with E-state index in [9.17, 15) is 4.79 Å². The minimum atomic E-state index is -0.458. The second kappa shape index (κ2) is 6.97. The predicted octanol–water partition coefficient (Wildman–Crippen LogP) is 4.19. The maximum Gasteiger partial charge on any atom is 0.373 e. The number of benzene rings is 1. The van der Waals surface area contributed by atoms with Crippen molar-refractivity contribution in [1.29, 1.82) is 0 Å². The number of hydrogen-bond acceptors (Lipinski definition) is 4. The van der Waals surface area contributed by atoms with Crippen LogP contribution in [0.4, 0.5) is 5.69 Å². The number of ether oxygens (including phenoxy) is 1. The lowest BCUT2D eigenvalue weighted by molar-refractivity contribution is 0.0562. The van der Waals surface area contributed by atoms with E-state index in [1.807, 2.05) is 19.1 Å². The van der Waals surface area contributed by atoms with Crippen molar-refractivity contribution in [2.75, 3.05) is 12.4 Å². The monoisotopic (exact) mass is 287 g/mol. The Morgan fingerprint density at radius 1 is 1.29 bits per heavy atom. The number of esters is 1. The van der Waals surface area contributed by atoms with Crippen LogP contribution in [0.15, 0.2) is 40.8 Å². The number of carbonyl (C=O) groups is 1. The molecule has 1 atom stereocenters. The second-order valence-corrected chi connectivity index (χ2v) is 4.97. The third-order valence-electron chi connectivity index (χ3n) is 3.35. The minimum absolute atomic E-state index is 0.0265. The van der Waals surface area contributed by atoms with Crippen LogP contribution in [0.2, 0.25) is 0 Å². The van der Waals surface area contributed by atoms with E-state index >= 15 is 0 Å². The largest absolute Gasteiger partial charge is 0.463 e. The molecule has 2 rings (SSSR count). The molecule has 1 aromatic heterocycles. The van der Waals surface area contributed by atoms with E-state index in [4.69, 9.17) is 4.42 Å². The van der Waals surface area contributed by atoms with E-state index in [1.54, 1.807) is 12.1 Å². The SMILES string of the molecule is CCCc1ccccc1NC(C)c1ccc(C(=O)OC)o1. The average molecular weight is 287 g/mol. The van der Waals surface area contributed by atoms with E-state index < -0.39 is 5.97 Å². The summed E-state index contributed by atoms with van der Waals surface area (Å²) < 4.78 is 10.2. The van der Waals surface area contributed by atoms with E-state index in [2.05, 4.69) is 29.1 Å². The Morgan fingerprint density at radius 3 is 2.76 bits per heavy atom. The number of furan rings is 1. The third kappa shape index (κ3) is 3.66. The molecule has 0 aliphatic heterocycles. The molecule has 0 fully saturated rings. The lowest BCUT2D eigenvalue weighted by Crippen LogP contribution is -2.08. The average Bonchev–Trinajstić information content (AvgIpc) is 2.98. The standard InChI is InChI=1S/C17H21NO3/c1-4-7-13-8-5-6-9-14(13)18-12(2)15-10-11-16(21-15)17(19)20-3/h5-6,8-12,18H,4,7H2,1-3H3. The summed E-state index contributed by atoms with van der Waals surface area (Å²) in [5.74, 6) is 0.476. The summed E-state index contributed by atoms with van der Waals surface area (Å²) in [6.45, 7) is 4.16. The van der Waals surface area contributed by atoms with Gasteiger partial charge in [0, 0.05) is 5.69 Å². The summed E-state index contributed by atoms with van der Waals surface area (Å²) in [5, 5.41) is 3.44. The van der Waals surface area contributed by atoms with Gasteiger partial charge in [-0.3, -0.25) is 0 Å². The molecular weight excluding hydrogens is 266 g/mol. The van der Waals surface area contributed by atoms with Crippen LogP contribution in [0.5, 0.6) is 0 Å². The van der Waals surface area contributed by atoms with Crippen molar-refractivity contribution in [3.63, 3.8) is 0 Å². The molecule has 0 amide bonds. The fourth-order valence-electron chi connectivity index (χ4n) is 2.25. The summed E-state index contributed by atoms with van der Waals surface area (Å²) in [6, 6.07) is 11.6. The summed E-state index contributed by atoms with van der Waals surface area (Å²) >= 11 is 0. The van der Waals surface area contributed by atoms with Gasteiger partial charge in [-0.15, -0.1) is 0 Å². The Kier molecular flexibility index (Phi) is 5.04. The fourth-order valence-corrected chi connectivity index (χ4v) is 2.25. The topological polar surface area (TPSA) is 51.5 Å². The molecular formula is C17H21NO3. The van der Waals surface area contributed by atoms with Crippen molar-refractivity contribution in [3.8, 4) is 0 Å². The lowest BCUT2D eigenvalue weighted by Gasteiger charge is -2.16. The molecule has 0 aliphatic rings. The van der Waals surface area contributed by atoms with Crippen LogP contribution in [0.3, 0.4) is 0 Å². The van der Waals surface area contributed by atoms with Gasteiger partial charge in [-0.25, -0.2) is 4.79 Å². The van der Waals surface area contributed by atoms with Gasteiger partial charge in [0.15, 0.2) is 0 Å². The van der Waals surface area contributed by atoms with Crippen molar-refractivity contribution in [2.24, 2.45) is 0 Å². The summed E-state index contributed by atoms with van der Waals surface area (Å²) in [7, 11) is 1.34. The highest BCUT2D eigenvalue weighted by molar-refractivity contribution is 5.86. The normalized spacial score (nSPS) is 12.0. The Morgan fingerprint density at radius 2 is 2.05 bits per heavy atom. The molecule has 1 unspecified atom stereocenters.